The number of rotatable bonds is 4. The van der Waals surface area contributed by atoms with Crippen molar-refractivity contribution in [3.63, 3.8) is 0 Å². The maximum atomic E-state index is 12.8. The van der Waals surface area contributed by atoms with Gasteiger partial charge in [-0.15, -0.1) is 0 Å². The first-order valence-corrected chi connectivity index (χ1v) is 4.49. The van der Waals surface area contributed by atoms with Crippen LogP contribution in [0.25, 0.3) is 0 Å². The molecule has 2 nitrogen and oxygen atoms in total. The van der Waals surface area contributed by atoms with E-state index in [9.17, 15) is 13.9 Å². The minimum absolute atomic E-state index is 0.337. The summed E-state index contributed by atoms with van der Waals surface area (Å²) in [5.74, 6) is -0.341. The molecule has 0 aromatic rings. The number of hydrogen-bond acceptors (Lipinski definition) is 2. The fourth-order valence-electron chi connectivity index (χ4n) is 1.21. The Morgan fingerprint density at radius 2 is 2.08 bits per heavy atom. The van der Waals surface area contributed by atoms with Gasteiger partial charge in [-0.3, -0.25) is 0 Å². The van der Waals surface area contributed by atoms with Crippen LogP contribution in [0.3, 0.4) is 0 Å². The van der Waals surface area contributed by atoms with Crippen LogP contribution in [0.4, 0.5) is 8.78 Å². The van der Waals surface area contributed by atoms with Crippen molar-refractivity contribution in [1.29, 1.82) is 0 Å². The number of hydrogen-bond donors (Lipinski definition) is 1. The van der Waals surface area contributed by atoms with Gasteiger partial charge in [0.2, 0.25) is 0 Å². The molecular formula is C7H11BrF2O2. The van der Waals surface area contributed by atoms with Crippen LogP contribution in [-0.4, -0.2) is 29.3 Å². The van der Waals surface area contributed by atoms with E-state index in [1.54, 1.807) is 0 Å². The molecule has 0 aromatic carbocycles. The summed E-state index contributed by atoms with van der Waals surface area (Å²) >= 11 is 2.18. The van der Waals surface area contributed by atoms with E-state index >= 15 is 0 Å². The molecule has 1 atom stereocenters. The summed E-state index contributed by atoms with van der Waals surface area (Å²) in [6, 6.07) is 0. The summed E-state index contributed by atoms with van der Waals surface area (Å²) < 4.78 is 30.2. The molecule has 0 radical (unpaired) electrons. The number of methoxy groups -OCH3 is 1. The van der Waals surface area contributed by atoms with Gasteiger partial charge in [0.15, 0.2) is 5.60 Å². The van der Waals surface area contributed by atoms with Gasteiger partial charge in [0.25, 0.3) is 0 Å². The molecule has 0 aliphatic heterocycles. The average Bonchev–Trinajstić information content (AvgIpc) is 2.65. The molecule has 1 aliphatic rings. The number of ether oxygens (including phenoxy) is 1. The van der Waals surface area contributed by atoms with Crippen LogP contribution < -0.4 is 0 Å². The Labute approximate surface area is 78.0 Å². The third-order valence-electron chi connectivity index (χ3n) is 2.11. The smallest absolute Gasteiger partial charge is 0.331 e. The lowest BCUT2D eigenvalue weighted by atomic mass is 10.00. The maximum Gasteiger partial charge on any atom is 0.331 e. The first-order chi connectivity index (χ1) is 5.42. The molecule has 0 aromatic heterocycles. The van der Waals surface area contributed by atoms with E-state index in [-0.39, 0.29) is 12.5 Å². The Balaban J connectivity index is 2.70. The van der Waals surface area contributed by atoms with Crippen LogP contribution in [0.2, 0.25) is 0 Å². The molecule has 1 saturated carbocycles. The van der Waals surface area contributed by atoms with Gasteiger partial charge in [-0.25, -0.2) is 0 Å². The Morgan fingerprint density at radius 3 is 2.33 bits per heavy atom. The maximum absolute atomic E-state index is 12.8. The van der Waals surface area contributed by atoms with Crippen LogP contribution in [0.15, 0.2) is 0 Å². The van der Waals surface area contributed by atoms with Gasteiger partial charge in [-0.05, 0) is 34.7 Å². The van der Waals surface area contributed by atoms with E-state index in [2.05, 4.69) is 20.7 Å². The third kappa shape index (κ3) is 1.78. The first-order valence-electron chi connectivity index (χ1n) is 3.70. The number of aliphatic hydroxyl groups is 1. The van der Waals surface area contributed by atoms with Gasteiger partial charge in [0, 0.05) is 7.11 Å². The fourth-order valence-corrected chi connectivity index (χ4v) is 1.65. The highest BCUT2D eigenvalue weighted by Crippen LogP contribution is 2.50. The molecular weight excluding hydrogens is 234 g/mol. The van der Waals surface area contributed by atoms with E-state index in [1.165, 1.54) is 7.11 Å². The lowest BCUT2D eigenvalue weighted by molar-refractivity contribution is -0.159. The highest BCUT2D eigenvalue weighted by atomic mass is 79.9. The summed E-state index contributed by atoms with van der Waals surface area (Å²) in [5, 5.41) is 9.57. The highest BCUT2D eigenvalue weighted by Gasteiger charge is 2.59. The molecule has 0 bridgehead atoms. The zero-order valence-electron chi connectivity index (χ0n) is 6.69. The molecule has 12 heavy (non-hydrogen) atoms. The van der Waals surface area contributed by atoms with Crippen molar-refractivity contribution in [2.75, 3.05) is 13.7 Å². The van der Waals surface area contributed by atoms with Crippen LogP contribution in [0.5, 0.6) is 0 Å². The molecule has 1 unspecified atom stereocenters. The monoisotopic (exact) mass is 244 g/mol. The molecule has 0 saturated heterocycles. The molecule has 1 N–H and O–H groups in total. The second-order valence-corrected chi connectivity index (χ2v) is 4.13. The van der Waals surface area contributed by atoms with Crippen LogP contribution in [0, 0.1) is 5.92 Å². The van der Waals surface area contributed by atoms with Crippen molar-refractivity contribution in [2.45, 2.75) is 23.3 Å². The standard InChI is InChI=1S/C7H11BrF2O2/c1-12-4-6(11,5-2-3-5)7(8,9)10/h5,11H,2-4H2,1H3. The zero-order valence-corrected chi connectivity index (χ0v) is 8.27. The minimum atomic E-state index is -3.27. The van der Waals surface area contributed by atoms with Gasteiger partial charge in [-0.1, -0.05) is 0 Å². The van der Waals surface area contributed by atoms with E-state index in [0.29, 0.717) is 12.8 Å². The van der Waals surface area contributed by atoms with Crippen molar-refractivity contribution in [3.05, 3.63) is 0 Å². The highest BCUT2D eigenvalue weighted by molar-refractivity contribution is 9.10. The van der Waals surface area contributed by atoms with Crippen molar-refractivity contribution in [3.8, 4) is 0 Å². The largest absolute Gasteiger partial charge is 0.381 e. The predicted molar refractivity (Wildman–Crippen MR) is 43.4 cm³/mol. The molecule has 1 aliphatic carbocycles. The fraction of sp³-hybridized carbons (Fsp3) is 1.00. The van der Waals surface area contributed by atoms with Gasteiger partial charge in [-0.2, -0.15) is 8.78 Å². The summed E-state index contributed by atoms with van der Waals surface area (Å²) in [6.07, 6.45) is 1.28. The molecule has 72 valence electrons. The molecule has 1 rings (SSSR count). The second kappa shape index (κ2) is 3.20. The SMILES string of the molecule is COCC(O)(C1CC1)C(F)(F)Br. The first kappa shape index (κ1) is 10.3. The lowest BCUT2D eigenvalue weighted by Gasteiger charge is -2.31. The van der Waals surface area contributed by atoms with Gasteiger partial charge in [0.05, 0.1) is 6.61 Å². The Hall–Kier alpha value is 0.260. The predicted octanol–water partition coefficient (Wildman–Crippen LogP) is 1.76. The molecule has 0 spiro atoms. The van der Waals surface area contributed by atoms with Crippen molar-refractivity contribution < 1.29 is 18.6 Å². The summed E-state index contributed by atoms with van der Waals surface area (Å²) in [6.45, 7) is -0.337. The van der Waals surface area contributed by atoms with Crippen LogP contribution >= 0.6 is 15.9 Å². The summed E-state index contributed by atoms with van der Waals surface area (Å²) in [4.78, 5) is -3.27. The van der Waals surface area contributed by atoms with Gasteiger partial charge < -0.3 is 9.84 Å². The normalized spacial score (nSPS) is 23.8. The minimum Gasteiger partial charge on any atom is -0.381 e. The average molecular weight is 245 g/mol. The van der Waals surface area contributed by atoms with Crippen molar-refractivity contribution >= 4 is 15.9 Å². The van der Waals surface area contributed by atoms with E-state index in [0.717, 1.165) is 0 Å². The molecule has 5 heteroatoms. The Morgan fingerprint density at radius 1 is 1.58 bits per heavy atom. The third-order valence-corrected chi connectivity index (χ3v) is 2.79. The Kier molecular flexibility index (Phi) is 2.75. The number of halogens is 3. The Bertz CT molecular complexity index is 167. The molecule has 0 heterocycles. The van der Waals surface area contributed by atoms with Crippen molar-refractivity contribution in [1.82, 2.24) is 0 Å². The second-order valence-electron chi connectivity index (χ2n) is 3.13. The molecule has 1 fully saturated rings. The van der Waals surface area contributed by atoms with Gasteiger partial charge in [0.1, 0.15) is 0 Å². The topological polar surface area (TPSA) is 29.5 Å². The van der Waals surface area contributed by atoms with E-state index < -0.39 is 10.4 Å². The summed E-state index contributed by atoms with van der Waals surface area (Å²) in [7, 11) is 1.30. The zero-order chi connectivity index (χ0) is 9.41. The van der Waals surface area contributed by atoms with E-state index in [1.807, 2.05) is 0 Å². The number of alkyl halides is 3. The van der Waals surface area contributed by atoms with E-state index in [4.69, 9.17) is 0 Å². The quantitative estimate of drug-likeness (QED) is 0.764. The van der Waals surface area contributed by atoms with Crippen LogP contribution in [0.1, 0.15) is 12.8 Å². The van der Waals surface area contributed by atoms with Gasteiger partial charge >= 0.3 is 4.83 Å². The lowest BCUT2D eigenvalue weighted by Crippen LogP contribution is -2.49. The summed E-state index contributed by atoms with van der Waals surface area (Å²) in [5.41, 5.74) is -2.04. The molecule has 0 amide bonds. The van der Waals surface area contributed by atoms with Crippen LogP contribution in [-0.2, 0) is 4.74 Å². The van der Waals surface area contributed by atoms with Crippen molar-refractivity contribution in [2.24, 2.45) is 5.92 Å².